The molecule has 3 heterocycles. The van der Waals surface area contributed by atoms with Crippen molar-refractivity contribution in [1.29, 1.82) is 0 Å². The maximum atomic E-state index is 12.6. The van der Waals surface area contributed by atoms with Crippen molar-refractivity contribution in [2.45, 2.75) is 26.8 Å². The molecular weight excluding hydrogens is 256 g/mol. The van der Waals surface area contributed by atoms with Gasteiger partial charge >= 0.3 is 0 Å². The highest BCUT2D eigenvalue weighted by atomic mass is 16.1. The Hall–Kier alpha value is -2.57. The molecule has 0 aliphatic rings. The molecule has 0 aliphatic heterocycles. The fourth-order valence-corrected chi connectivity index (χ4v) is 2.12. The van der Waals surface area contributed by atoms with Gasteiger partial charge in [-0.3, -0.25) is 9.20 Å². The van der Waals surface area contributed by atoms with Crippen LogP contribution in [0.4, 0.5) is 0 Å². The second kappa shape index (κ2) is 4.52. The Kier molecular flexibility index (Phi) is 2.81. The normalized spacial score (nSPS) is 11.4. The van der Waals surface area contributed by atoms with Crippen LogP contribution in [-0.4, -0.2) is 29.6 Å². The van der Waals surface area contributed by atoms with Crippen molar-refractivity contribution >= 4 is 5.65 Å². The first-order chi connectivity index (χ1) is 9.59. The van der Waals surface area contributed by atoms with Crippen LogP contribution in [0.5, 0.6) is 0 Å². The lowest BCUT2D eigenvalue weighted by molar-refractivity contribution is 0.518. The van der Waals surface area contributed by atoms with E-state index in [0.717, 1.165) is 5.56 Å². The Labute approximate surface area is 114 Å². The summed E-state index contributed by atoms with van der Waals surface area (Å²) in [6, 6.07) is 3.80. The SMILES string of the molecule is Cc1cccn2c(=O)c(-c3nnnn3C(C)C)cnc12. The number of hydrogen-bond donors (Lipinski definition) is 0. The fourth-order valence-electron chi connectivity index (χ4n) is 2.12. The molecule has 7 heteroatoms. The van der Waals surface area contributed by atoms with E-state index < -0.39 is 0 Å². The Bertz CT molecular complexity index is 832. The van der Waals surface area contributed by atoms with Crippen molar-refractivity contribution in [3.8, 4) is 11.4 Å². The highest BCUT2D eigenvalue weighted by Gasteiger charge is 2.16. The van der Waals surface area contributed by atoms with E-state index in [1.807, 2.05) is 32.9 Å². The number of hydrogen-bond acceptors (Lipinski definition) is 5. The van der Waals surface area contributed by atoms with E-state index in [4.69, 9.17) is 0 Å². The van der Waals surface area contributed by atoms with E-state index in [1.54, 1.807) is 10.9 Å². The van der Waals surface area contributed by atoms with Gasteiger partial charge in [-0.05, 0) is 42.8 Å². The molecule has 0 N–H and O–H groups in total. The van der Waals surface area contributed by atoms with Gasteiger partial charge in [0.15, 0.2) is 5.82 Å². The van der Waals surface area contributed by atoms with Gasteiger partial charge in [-0.25, -0.2) is 9.67 Å². The van der Waals surface area contributed by atoms with Gasteiger partial charge in [-0.15, -0.1) is 5.10 Å². The first-order valence-electron chi connectivity index (χ1n) is 6.35. The predicted molar refractivity (Wildman–Crippen MR) is 73.4 cm³/mol. The lowest BCUT2D eigenvalue weighted by Crippen LogP contribution is -2.19. The summed E-state index contributed by atoms with van der Waals surface area (Å²) in [5.41, 5.74) is 1.81. The van der Waals surface area contributed by atoms with E-state index in [-0.39, 0.29) is 11.6 Å². The number of fused-ring (bicyclic) bond motifs is 1. The Morgan fingerprint density at radius 3 is 2.85 bits per heavy atom. The van der Waals surface area contributed by atoms with Gasteiger partial charge in [0.2, 0.25) is 0 Å². The molecule has 0 saturated carbocycles. The largest absolute Gasteiger partial charge is 0.269 e. The van der Waals surface area contributed by atoms with Crippen LogP contribution < -0.4 is 5.56 Å². The molecule has 0 spiro atoms. The Morgan fingerprint density at radius 2 is 2.10 bits per heavy atom. The summed E-state index contributed by atoms with van der Waals surface area (Å²) in [7, 11) is 0. The smallest absolute Gasteiger partial charge is 0.268 e. The first-order valence-corrected chi connectivity index (χ1v) is 6.35. The summed E-state index contributed by atoms with van der Waals surface area (Å²) in [5, 5.41) is 11.5. The third kappa shape index (κ3) is 1.78. The van der Waals surface area contributed by atoms with Crippen LogP contribution in [0, 0.1) is 6.92 Å². The Balaban J connectivity index is 2.31. The molecule has 0 aromatic carbocycles. The summed E-state index contributed by atoms with van der Waals surface area (Å²) in [6.07, 6.45) is 3.24. The van der Waals surface area contributed by atoms with Crippen molar-refractivity contribution in [2.75, 3.05) is 0 Å². The van der Waals surface area contributed by atoms with Gasteiger partial charge in [0, 0.05) is 12.4 Å². The molecule has 7 nitrogen and oxygen atoms in total. The molecule has 3 aromatic heterocycles. The van der Waals surface area contributed by atoms with Gasteiger partial charge in [0.25, 0.3) is 5.56 Å². The molecule has 0 atom stereocenters. The van der Waals surface area contributed by atoms with E-state index in [2.05, 4.69) is 20.5 Å². The molecule has 3 aromatic rings. The van der Waals surface area contributed by atoms with Gasteiger partial charge < -0.3 is 0 Å². The molecular formula is C13H14N6O. The number of rotatable bonds is 2. The Morgan fingerprint density at radius 1 is 1.30 bits per heavy atom. The van der Waals surface area contributed by atoms with Crippen LogP contribution in [0.2, 0.25) is 0 Å². The van der Waals surface area contributed by atoms with Gasteiger partial charge in [-0.1, -0.05) is 6.07 Å². The molecule has 0 unspecified atom stereocenters. The van der Waals surface area contributed by atoms with E-state index in [9.17, 15) is 4.79 Å². The monoisotopic (exact) mass is 270 g/mol. The number of aryl methyl sites for hydroxylation is 1. The minimum Gasteiger partial charge on any atom is -0.268 e. The zero-order chi connectivity index (χ0) is 14.3. The van der Waals surface area contributed by atoms with Crippen LogP contribution in [0.25, 0.3) is 17.0 Å². The van der Waals surface area contributed by atoms with Crippen molar-refractivity contribution in [3.63, 3.8) is 0 Å². The minimum absolute atomic E-state index is 0.0672. The zero-order valence-corrected chi connectivity index (χ0v) is 11.5. The lowest BCUT2D eigenvalue weighted by Gasteiger charge is -2.08. The molecule has 20 heavy (non-hydrogen) atoms. The summed E-state index contributed by atoms with van der Waals surface area (Å²) < 4.78 is 3.13. The van der Waals surface area contributed by atoms with Gasteiger partial charge in [0.1, 0.15) is 11.2 Å². The molecule has 0 fully saturated rings. The van der Waals surface area contributed by atoms with Crippen LogP contribution in [0.1, 0.15) is 25.5 Å². The zero-order valence-electron chi connectivity index (χ0n) is 11.5. The average Bonchev–Trinajstić information content (AvgIpc) is 2.89. The third-order valence-corrected chi connectivity index (χ3v) is 3.15. The van der Waals surface area contributed by atoms with Gasteiger partial charge in [-0.2, -0.15) is 0 Å². The fraction of sp³-hybridized carbons (Fsp3) is 0.308. The molecule has 3 rings (SSSR count). The van der Waals surface area contributed by atoms with Crippen LogP contribution in [0.3, 0.4) is 0 Å². The molecule has 102 valence electrons. The standard InChI is InChI=1S/C13H14N6O/c1-8(2)19-12(15-16-17-19)10-7-14-11-9(3)5-4-6-18(11)13(10)20/h4-8H,1-3H3. The first kappa shape index (κ1) is 12.5. The number of tetrazole rings is 1. The molecule has 0 saturated heterocycles. The lowest BCUT2D eigenvalue weighted by atomic mass is 10.2. The van der Waals surface area contributed by atoms with Crippen LogP contribution in [0.15, 0.2) is 29.3 Å². The molecule has 0 aliphatic carbocycles. The highest BCUT2D eigenvalue weighted by molar-refractivity contribution is 5.56. The highest BCUT2D eigenvalue weighted by Crippen LogP contribution is 2.15. The van der Waals surface area contributed by atoms with Gasteiger partial charge in [0.05, 0.1) is 6.04 Å². The van der Waals surface area contributed by atoms with Crippen molar-refractivity contribution in [3.05, 3.63) is 40.4 Å². The maximum Gasteiger partial charge on any atom is 0.269 e. The summed E-state index contributed by atoms with van der Waals surface area (Å²) in [6.45, 7) is 5.83. The quantitative estimate of drug-likeness (QED) is 0.700. The summed E-state index contributed by atoms with van der Waals surface area (Å²) in [4.78, 5) is 16.9. The third-order valence-electron chi connectivity index (χ3n) is 3.15. The maximum absolute atomic E-state index is 12.6. The minimum atomic E-state index is -0.171. The topological polar surface area (TPSA) is 78.0 Å². The van der Waals surface area contributed by atoms with Crippen molar-refractivity contribution in [1.82, 2.24) is 29.6 Å². The predicted octanol–water partition coefficient (Wildman–Crippen LogP) is 1.24. The average molecular weight is 270 g/mol. The van der Waals surface area contributed by atoms with Crippen molar-refractivity contribution < 1.29 is 0 Å². The number of nitrogens with zero attached hydrogens (tertiary/aromatic N) is 6. The van der Waals surface area contributed by atoms with Crippen molar-refractivity contribution in [2.24, 2.45) is 0 Å². The van der Waals surface area contributed by atoms with E-state index in [1.165, 1.54) is 10.6 Å². The second-order valence-electron chi connectivity index (χ2n) is 4.90. The molecule has 0 radical (unpaired) electrons. The number of aromatic nitrogens is 6. The number of pyridine rings is 1. The van der Waals surface area contributed by atoms with Crippen LogP contribution >= 0.6 is 0 Å². The molecule has 0 amide bonds. The van der Waals surface area contributed by atoms with E-state index >= 15 is 0 Å². The van der Waals surface area contributed by atoms with Crippen LogP contribution in [-0.2, 0) is 0 Å². The molecule has 0 bridgehead atoms. The van der Waals surface area contributed by atoms with E-state index in [0.29, 0.717) is 17.0 Å². The summed E-state index contributed by atoms with van der Waals surface area (Å²) >= 11 is 0. The second-order valence-corrected chi connectivity index (χ2v) is 4.90. The summed E-state index contributed by atoms with van der Waals surface area (Å²) in [5.74, 6) is 0.438.